The lowest BCUT2D eigenvalue weighted by molar-refractivity contribution is -0.159. The number of alkyl halides is 3. The fourth-order valence-electron chi connectivity index (χ4n) is 2.30. The van der Waals surface area contributed by atoms with Crippen LogP contribution in [0.1, 0.15) is 21.8 Å². The topological polar surface area (TPSA) is 73.1 Å². The Bertz CT molecular complexity index is 954. The van der Waals surface area contributed by atoms with E-state index >= 15 is 0 Å². The number of carbonyl (C=O) groups excluding carboxylic acids is 1. The lowest BCUT2D eigenvalue weighted by atomic mass is 10.1. The predicted molar refractivity (Wildman–Crippen MR) is 92.2 cm³/mol. The van der Waals surface area contributed by atoms with Crippen LogP contribution >= 0.6 is 0 Å². The first-order valence-electron chi connectivity index (χ1n) is 7.76. The van der Waals surface area contributed by atoms with E-state index in [2.05, 4.69) is 14.7 Å². The third-order valence-electron chi connectivity index (χ3n) is 3.60. The van der Waals surface area contributed by atoms with Gasteiger partial charge >= 0.3 is 12.1 Å². The fraction of sp³-hybridized carbons (Fsp3) is 0.167. The van der Waals surface area contributed by atoms with Crippen molar-refractivity contribution in [3.8, 4) is 11.4 Å². The van der Waals surface area contributed by atoms with Crippen molar-refractivity contribution in [3.63, 3.8) is 0 Å². The van der Waals surface area contributed by atoms with Crippen molar-refractivity contribution < 1.29 is 26.7 Å². The third kappa shape index (κ3) is 4.88. The van der Waals surface area contributed by atoms with Gasteiger partial charge in [0.05, 0.1) is 5.75 Å². The molecule has 0 radical (unpaired) electrons. The van der Waals surface area contributed by atoms with Gasteiger partial charge in [0.25, 0.3) is 0 Å². The molecule has 0 aliphatic heterocycles. The molecule has 0 bridgehead atoms. The summed E-state index contributed by atoms with van der Waals surface area (Å²) in [6.45, 7) is 0. The van der Waals surface area contributed by atoms with Gasteiger partial charge in [-0.1, -0.05) is 59.8 Å². The maximum absolute atomic E-state index is 12.5. The molecule has 1 heterocycles. The number of carbonyl (C=O) groups is 1. The highest BCUT2D eigenvalue weighted by Gasteiger charge is 2.38. The molecular weight excluding hydrogens is 381 g/mol. The summed E-state index contributed by atoms with van der Waals surface area (Å²) >= 11 is 0. The number of ketones is 1. The summed E-state index contributed by atoms with van der Waals surface area (Å²) in [5.41, 5.74) is 1.45. The lowest BCUT2D eigenvalue weighted by Crippen LogP contribution is -2.12. The summed E-state index contributed by atoms with van der Waals surface area (Å²) in [4.78, 5) is 15.5. The van der Waals surface area contributed by atoms with Gasteiger partial charge in [-0.3, -0.25) is 9.00 Å². The van der Waals surface area contributed by atoms with Crippen LogP contribution in [0, 0.1) is 0 Å². The van der Waals surface area contributed by atoms with Crippen LogP contribution in [0.4, 0.5) is 13.2 Å². The van der Waals surface area contributed by atoms with Crippen molar-refractivity contribution >= 4 is 16.6 Å². The molecule has 1 atom stereocenters. The molecule has 0 saturated heterocycles. The second-order valence-electron chi connectivity index (χ2n) is 5.64. The van der Waals surface area contributed by atoms with E-state index in [0.29, 0.717) is 5.56 Å². The van der Waals surface area contributed by atoms with Crippen molar-refractivity contribution in [2.75, 3.05) is 5.75 Å². The highest BCUT2D eigenvalue weighted by molar-refractivity contribution is 7.85. The van der Waals surface area contributed by atoms with Gasteiger partial charge in [-0.05, 0) is 5.56 Å². The maximum atomic E-state index is 12.5. The van der Waals surface area contributed by atoms with Crippen molar-refractivity contribution in [2.45, 2.75) is 11.9 Å². The highest BCUT2D eigenvalue weighted by Crippen LogP contribution is 2.29. The molecular formula is C18H13F3N2O3S. The zero-order valence-electron chi connectivity index (χ0n) is 13.8. The first-order chi connectivity index (χ1) is 12.8. The van der Waals surface area contributed by atoms with E-state index < -0.39 is 22.9 Å². The van der Waals surface area contributed by atoms with Crippen LogP contribution in [0.25, 0.3) is 11.4 Å². The van der Waals surface area contributed by atoms with Gasteiger partial charge in [0, 0.05) is 27.7 Å². The molecule has 0 amide bonds. The lowest BCUT2D eigenvalue weighted by Gasteiger charge is -2.03. The first-order valence-corrected chi connectivity index (χ1v) is 9.25. The van der Waals surface area contributed by atoms with Gasteiger partial charge in [-0.2, -0.15) is 18.2 Å². The van der Waals surface area contributed by atoms with Crippen LogP contribution in [0.2, 0.25) is 0 Å². The summed E-state index contributed by atoms with van der Waals surface area (Å²) in [6.07, 6.45) is -4.72. The van der Waals surface area contributed by atoms with Gasteiger partial charge in [-0.15, -0.1) is 0 Å². The molecule has 9 heteroatoms. The molecule has 3 aromatic rings. The van der Waals surface area contributed by atoms with Crippen LogP contribution in [0.5, 0.6) is 0 Å². The number of rotatable bonds is 6. The van der Waals surface area contributed by atoms with Crippen molar-refractivity contribution in [2.24, 2.45) is 0 Å². The first kappa shape index (κ1) is 19.0. The number of aromatic nitrogens is 2. The molecule has 0 aliphatic rings. The Labute approximate surface area is 154 Å². The summed E-state index contributed by atoms with van der Waals surface area (Å²) in [5.74, 6) is -1.86. The Morgan fingerprint density at radius 3 is 2.30 bits per heavy atom. The summed E-state index contributed by atoms with van der Waals surface area (Å²) < 4.78 is 53.8. The number of benzene rings is 2. The summed E-state index contributed by atoms with van der Waals surface area (Å²) in [5, 5.41) is 3.28. The number of halogens is 3. The minimum Gasteiger partial charge on any atom is -0.329 e. The van der Waals surface area contributed by atoms with Crippen molar-refractivity contribution in [3.05, 3.63) is 71.6 Å². The molecule has 3 rings (SSSR count). The molecule has 0 spiro atoms. The van der Waals surface area contributed by atoms with Gasteiger partial charge in [0.2, 0.25) is 5.82 Å². The molecule has 2 aromatic carbocycles. The monoisotopic (exact) mass is 394 g/mol. The minimum atomic E-state index is -4.72. The molecule has 0 saturated carbocycles. The Balaban J connectivity index is 1.65. The zero-order valence-corrected chi connectivity index (χ0v) is 14.6. The van der Waals surface area contributed by atoms with E-state index in [0.717, 1.165) is 5.56 Å². The molecule has 5 nitrogen and oxygen atoms in total. The summed E-state index contributed by atoms with van der Waals surface area (Å²) in [6, 6.07) is 14.9. The minimum absolute atomic E-state index is 0.144. The van der Waals surface area contributed by atoms with Crippen LogP contribution in [0.15, 0.2) is 59.1 Å². The van der Waals surface area contributed by atoms with E-state index in [9.17, 15) is 22.2 Å². The van der Waals surface area contributed by atoms with Gasteiger partial charge in [0.15, 0.2) is 5.78 Å². The van der Waals surface area contributed by atoms with Crippen molar-refractivity contribution in [1.82, 2.24) is 10.1 Å². The van der Waals surface area contributed by atoms with E-state index in [1.165, 1.54) is 24.3 Å². The molecule has 0 aliphatic carbocycles. The summed E-state index contributed by atoms with van der Waals surface area (Å²) in [7, 11) is -1.36. The van der Waals surface area contributed by atoms with Crippen LogP contribution in [-0.4, -0.2) is 25.9 Å². The van der Waals surface area contributed by atoms with Gasteiger partial charge in [-0.25, -0.2) is 0 Å². The van der Waals surface area contributed by atoms with E-state index in [1.54, 1.807) is 0 Å². The number of nitrogens with zero attached hydrogens (tertiary/aromatic N) is 2. The average Bonchev–Trinajstić information content (AvgIpc) is 3.13. The molecule has 1 unspecified atom stereocenters. The van der Waals surface area contributed by atoms with Crippen LogP contribution in [0.3, 0.4) is 0 Å². The smallest absolute Gasteiger partial charge is 0.329 e. The Hall–Kier alpha value is -2.81. The standard InChI is InChI=1S/C18H13F3N2O3S/c19-18(20,21)17-22-16(23-26-17)14-8-6-13(7-9-14)15(24)11-27(25)10-12-4-2-1-3-5-12/h1-9H,10-11H2. The largest absolute Gasteiger partial charge is 0.471 e. The van der Waals surface area contributed by atoms with E-state index in [4.69, 9.17) is 0 Å². The molecule has 1 aromatic heterocycles. The molecule has 0 N–H and O–H groups in total. The van der Waals surface area contributed by atoms with Gasteiger partial charge in [0.1, 0.15) is 0 Å². The molecule has 27 heavy (non-hydrogen) atoms. The van der Waals surface area contributed by atoms with Gasteiger partial charge < -0.3 is 4.52 Å². The second kappa shape index (κ2) is 7.83. The number of hydrogen-bond donors (Lipinski definition) is 0. The molecule has 0 fully saturated rings. The average molecular weight is 394 g/mol. The van der Waals surface area contributed by atoms with Crippen LogP contribution in [-0.2, 0) is 22.7 Å². The van der Waals surface area contributed by atoms with E-state index in [-0.39, 0.29) is 28.7 Å². The van der Waals surface area contributed by atoms with E-state index in [1.807, 2.05) is 30.3 Å². The Kier molecular flexibility index (Phi) is 5.50. The maximum Gasteiger partial charge on any atom is 0.471 e. The fourth-order valence-corrected chi connectivity index (χ4v) is 3.43. The SMILES string of the molecule is O=C(CS(=O)Cc1ccccc1)c1ccc(-c2noc(C(F)(F)F)n2)cc1. The highest BCUT2D eigenvalue weighted by atomic mass is 32.2. The Morgan fingerprint density at radius 2 is 1.70 bits per heavy atom. The molecule has 140 valence electrons. The third-order valence-corrected chi connectivity index (χ3v) is 4.84. The zero-order chi connectivity index (χ0) is 19.4. The Morgan fingerprint density at radius 1 is 1.04 bits per heavy atom. The normalized spacial score (nSPS) is 12.7. The quantitative estimate of drug-likeness (QED) is 0.593. The van der Waals surface area contributed by atoms with Crippen LogP contribution < -0.4 is 0 Å². The number of Topliss-reactive ketones (excluding diaryl/α,β-unsaturated/α-hetero) is 1. The van der Waals surface area contributed by atoms with Crippen molar-refractivity contribution in [1.29, 1.82) is 0 Å². The second-order valence-corrected chi connectivity index (χ2v) is 7.09. The predicted octanol–water partition coefficient (Wildman–Crippen LogP) is 3.89. The number of hydrogen-bond acceptors (Lipinski definition) is 5.